The minimum absolute atomic E-state index is 0.0229. The first kappa shape index (κ1) is 13.3. The van der Waals surface area contributed by atoms with Gasteiger partial charge >= 0.3 is 5.30 Å². The SMILES string of the molecule is COC(=O)S(=O)(=O)c1ccc(OC)cc1OC. The molecule has 0 bridgehead atoms. The van der Waals surface area contributed by atoms with Crippen LogP contribution in [-0.4, -0.2) is 35.0 Å². The largest absolute Gasteiger partial charge is 0.497 e. The number of methoxy groups -OCH3 is 3. The maximum atomic E-state index is 11.7. The Labute approximate surface area is 99.0 Å². The fourth-order valence-corrected chi connectivity index (χ4v) is 2.25. The molecule has 0 saturated carbocycles. The monoisotopic (exact) mass is 260 g/mol. The highest BCUT2D eigenvalue weighted by molar-refractivity contribution is 8.05. The van der Waals surface area contributed by atoms with Gasteiger partial charge < -0.3 is 14.2 Å². The van der Waals surface area contributed by atoms with Gasteiger partial charge in [0.2, 0.25) is 0 Å². The van der Waals surface area contributed by atoms with E-state index in [0.717, 1.165) is 7.11 Å². The summed E-state index contributed by atoms with van der Waals surface area (Å²) < 4.78 is 37.5. The van der Waals surface area contributed by atoms with Crippen LogP contribution in [0.15, 0.2) is 23.1 Å². The fraction of sp³-hybridized carbons (Fsp3) is 0.300. The fourth-order valence-electron chi connectivity index (χ4n) is 1.20. The van der Waals surface area contributed by atoms with Crippen molar-refractivity contribution in [3.05, 3.63) is 18.2 Å². The van der Waals surface area contributed by atoms with E-state index in [1.807, 2.05) is 0 Å². The molecule has 6 nitrogen and oxygen atoms in total. The number of ether oxygens (including phenoxy) is 3. The topological polar surface area (TPSA) is 78.9 Å². The number of benzene rings is 1. The third-order valence-electron chi connectivity index (χ3n) is 2.05. The van der Waals surface area contributed by atoms with Crippen molar-refractivity contribution in [2.45, 2.75) is 4.90 Å². The van der Waals surface area contributed by atoms with Crippen LogP contribution >= 0.6 is 0 Å². The number of rotatable bonds is 3. The summed E-state index contributed by atoms with van der Waals surface area (Å²) in [6, 6.07) is 4.01. The highest BCUT2D eigenvalue weighted by Gasteiger charge is 2.29. The van der Waals surface area contributed by atoms with Crippen molar-refractivity contribution >= 4 is 15.1 Å². The van der Waals surface area contributed by atoms with Gasteiger partial charge in [0.05, 0.1) is 21.3 Å². The van der Waals surface area contributed by atoms with Gasteiger partial charge in [-0.15, -0.1) is 0 Å². The minimum atomic E-state index is -4.20. The number of hydrogen-bond donors (Lipinski definition) is 0. The molecule has 0 N–H and O–H groups in total. The molecule has 0 aliphatic carbocycles. The second-order valence-corrected chi connectivity index (χ2v) is 4.75. The molecule has 17 heavy (non-hydrogen) atoms. The van der Waals surface area contributed by atoms with Crippen molar-refractivity contribution in [1.29, 1.82) is 0 Å². The van der Waals surface area contributed by atoms with E-state index in [1.54, 1.807) is 0 Å². The van der Waals surface area contributed by atoms with Crippen LogP contribution in [0.25, 0.3) is 0 Å². The van der Waals surface area contributed by atoms with Crippen molar-refractivity contribution in [1.82, 2.24) is 0 Å². The minimum Gasteiger partial charge on any atom is -0.497 e. The van der Waals surface area contributed by atoms with Crippen LogP contribution in [0.2, 0.25) is 0 Å². The van der Waals surface area contributed by atoms with E-state index >= 15 is 0 Å². The maximum absolute atomic E-state index is 11.7. The van der Waals surface area contributed by atoms with Crippen molar-refractivity contribution in [3.8, 4) is 11.5 Å². The maximum Gasteiger partial charge on any atom is 0.429 e. The molecule has 0 amide bonds. The van der Waals surface area contributed by atoms with Gasteiger partial charge in [-0.25, -0.2) is 13.2 Å². The molecule has 0 aliphatic rings. The first-order chi connectivity index (χ1) is 7.97. The van der Waals surface area contributed by atoms with Crippen molar-refractivity contribution in [2.75, 3.05) is 21.3 Å². The summed E-state index contributed by atoms with van der Waals surface area (Å²) in [4.78, 5) is 10.9. The third-order valence-corrected chi connectivity index (χ3v) is 3.57. The van der Waals surface area contributed by atoms with Gasteiger partial charge in [-0.2, -0.15) is 0 Å². The summed E-state index contributed by atoms with van der Waals surface area (Å²) in [5, 5.41) is -1.33. The van der Waals surface area contributed by atoms with Gasteiger partial charge in [0.15, 0.2) is 0 Å². The van der Waals surface area contributed by atoms with E-state index in [9.17, 15) is 13.2 Å². The summed E-state index contributed by atoms with van der Waals surface area (Å²) >= 11 is 0. The molecule has 7 heteroatoms. The zero-order valence-electron chi connectivity index (χ0n) is 9.59. The average Bonchev–Trinajstić information content (AvgIpc) is 2.36. The number of sulfone groups is 1. The first-order valence-electron chi connectivity index (χ1n) is 4.52. The first-order valence-corrected chi connectivity index (χ1v) is 6.00. The Kier molecular flexibility index (Phi) is 3.95. The number of carbonyl (C=O) groups is 1. The predicted octanol–water partition coefficient (Wildman–Crippen LogP) is 1.24. The Balaban J connectivity index is 3.37. The number of carbonyl (C=O) groups excluding carboxylic acids is 1. The van der Waals surface area contributed by atoms with Gasteiger partial charge in [0.1, 0.15) is 16.4 Å². The van der Waals surface area contributed by atoms with Gasteiger partial charge in [-0.1, -0.05) is 0 Å². The van der Waals surface area contributed by atoms with E-state index in [1.165, 1.54) is 32.4 Å². The van der Waals surface area contributed by atoms with E-state index in [-0.39, 0.29) is 10.6 Å². The number of hydrogen-bond acceptors (Lipinski definition) is 6. The Hall–Kier alpha value is -1.76. The Morgan fingerprint density at radius 2 is 1.76 bits per heavy atom. The molecule has 0 atom stereocenters. The molecule has 0 saturated heterocycles. The summed E-state index contributed by atoms with van der Waals surface area (Å²) in [5.41, 5.74) is 0. The Morgan fingerprint density at radius 3 is 2.24 bits per heavy atom. The van der Waals surface area contributed by atoms with Crippen LogP contribution in [-0.2, 0) is 14.6 Å². The molecule has 1 aromatic rings. The molecule has 0 aromatic heterocycles. The van der Waals surface area contributed by atoms with Gasteiger partial charge in [-0.05, 0) is 12.1 Å². The van der Waals surface area contributed by atoms with Gasteiger partial charge in [-0.3, -0.25) is 0 Å². The van der Waals surface area contributed by atoms with E-state index < -0.39 is 15.1 Å². The van der Waals surface area contributed by atoms with Crippen molar-refractivity contribution < 1.29 is 27.4 Å². The van der Waals surface area contributed by atoms with E-state index in [2.05, 4.69) is 4.74 Å². The van der Waals surface area contributed by atoms with Crippen LogP contribution in [0.5, 0.6) is 11.5 Å². The van der Waals surface area contributed by atoms with E-state index in [4.69, 9.17) is 9.47 Å². The van der Waals surface area contributed by atoms with Crippen LogP contribution in [0.4, 0.5) is 4.79 Å². The molecular weight excluding hydrogens is 248 g/mol. The third kappa shape index (κ3) is 2.50. The summed E-state index contributed by atoms with van der Waals surface area (Å²) in [6.07, 6.45) is 0. The normalized spacial score (nSPS) is 10.8. The lowest BCUT2D eigenvalue weighted by Gasteiger charge is -2.09. The summed E-state index contributed by atoms with van der Waals surface area (Å²) in [7, 11) is -0.472. The Bertz CT molecular complexity index is 520. The Morgan fingerprint density at radius 1 is 1.12 bits per heavy atom. The molecule has 1 aromatic carbocycles. The molecule has 1 rings (SSSR count). The van der Waals surface area contributed by atoms with Crippen LogP contribution in [0, 0.1) is 0 Å². The van der Waals surface area contributed by atoms with Crippen LogP contribution in [0.3, 0.4) is 0 Å². The standard InChI is InChI=1S/C10H12O6S/c1-14-7-4-5-9(8(6-7)15-2)17(12,13)10(11)16-3/h4-6H,1-3H3. The second-order valence-electron chi connectivity index (χ2n) is 2.97. The van der Waals surface area contributed by atoms with Crippen LogP contribution in [0.1, 0.15) is 0 Å². The average molecular weight is 260 g/mol. The smallest absolute Gasteiger partial charge is 0.429 e. The lowest BCUT2D eigenvalue weighted by molar-refractivity contribution is 0.197. The zero-order chi connectivity index (χ0) is 13.1. The summed E-state index contributed by atoms with van der Waals surface area (Å²) in [6.45, 7) is 0. The highest BCUT2D eigenvalue weighted by atomic mass is 32.2. The molecule has 0 heterocycles. The lowest BCUT2D eigenvalue weighted by atomic mass is 10.3. The molecule has 0 fully saturated rings. The summed E-state index contributed by atoms with van der Waals surface area (Å²) in [5.74, 6) is 0.445. The molecular formula is C10H12O6S. The predicted molar refractivity (Wildman–Crippen MR) is 59.1 cm³/mol. The van der Waals surface area contributed by atoms with E-state index in [0.29, 0.717) is 5.75 Å². The molecule has 0 unspecified atom stereocenters. The zero-order valence-corrected chi connectivity index (χ0v) is 10.4. The van der Waals surface area contributed by atoms with Crippen LogP contribution < -0.4 is 9.47 Å². The highest BCUT2D eigenvalue weighted by Crippen LogP contribution is 2.29. The molecule has 0 radical (unpaired) electrons. The quantitative estimate of drug-likeness (QED) is 0.761. The molecule has 0 aliphatic heterocycles. The van der Waals surface area contributed by atoms with Gasteiger partial charge in [0, 0.05) is 6.07 Å². The molecule has 94 valence electrons. The lowest BCUT2D eigenvalue weighted by Crippen LogP contribution is -2.15. The van der Waals surface area contributed by atoms with Gasteiger partial charge in [0.25, 0.3) is 9.84 Å². The molecule has 0 spiro atoms. The van der Waals surface area contributed by atoms with Crippen molar-refractivity contribution in [2.24, 2.45) is 0 Å². The van der Waals surface area contributed by atoms with Crippen molar-refractivity contribution in [3.63, 3.8) is 0 Å². The second kappa shape index (κ2) is 5.05.